The van der Waals surface area contributed by atoms with E-state index in [1.165, 1.54) is 11.1 Å². The molecule has 1 saturated heterocycles. The maximum Gasteiger partial charge on any atom is 0.174 e. The molecule has 3 heterocycles. The van der Waals surface area contributed by atoms with E-state index in [0.717, 1.165) is 28.5 Å². The minimum atomic E-state index is -0.0898. The highest BCUT2D eigenvalue weighted by Gasteiger charge is 2.42. The summed E-state index contributed by atoms with van der Waals surface area (Å²) < 4.78 is 2.22. The summed E-state index contributed by atoms with van der Waals surface area (Å²) in [6.45, 7) is 6.34. The normalized spacial score (nSPS) is 17.9. The third kappa shape index (κ3) is 3.76. The molecule has 0 radical (unpaired) electrons. The van der Waals surface area contributed by atoms with Crippen molar-refractivity contribution in [2.24, 2.45) is 0 Å². The van der Waals surface area contributed by atoms with Crippen molar-refractivity contribution in [2.45, 2.75) is 32.9 Å². The lowest BCUT2D eigenvalue weighted by Crippen LogP contribution is -2.29. The van der Waals surface area contributed by atoms with Crippen LogP contribution in [0.25, 0.3) is 5.69 Å². The Morgan fingerprint density at radius 2 is 1.70 bits per heavy atom. The van der Waals surface area contributed by atoms with Crippen LogP contribution in [-0.2, 0) is 0 Å². The van der Waals surface area contributed by atoms with Gasteiger partial charge >= 0.3 is 0 Å². The van der Waals surface area contributed by atoms with Crippen molar-refractivity contribution < 1.29 is 5.11 Å². The summed E-state index contributed by atoms with van der Waals surface area (Å²) in [7, 11) is 0. The van der Waals surface area contributed by atoms with Crippen LogP contribution in [0, 0.1) is 20.8 Å². The van der Waals surface area contributed by atoms with Crippen molar-refractivity contribution in [3.8, 4) is 11.4 Å². The van der Waals surface area contributed by atoms with Gasteiger partial charge in [-0.1, -0.05) is 18.2 Å². The fourth-order valence-electron chi connectivity index (χ4n) is 4.81. The average molecular weight is 455 g/mol. The van der Waals surface area contributed by atoms with Crippen LogP contribution in [0.5, 0.6) is 5.75 Å². The summed E-state index contributed by atoms with van der Waals surface area (Å²) in [4.78, 5) is 6.87. The molecule has 1 aliphatic heterocycles. The molecule has 0 saturated carbocycles. The Morgan fingerprint density at radius 3 is 2.39 bits per heavy atom. The molecule has 2 aromatic carbocycles. The predicted molar refractivity (Wildman–Crippen MR) is 136 cm³/mol. The SMILES string of the molecule is Cc1cccc(N2C(=S)N[C@@H](c3ccccn3)[C@H]2c2cc(C)n(-c3ccc(O)cc3)c2C)c1. The molecule has 2 aromatic heterocycles. The van der Waals surface area contributed by atoms with Crippen LogP contribution in [0.3, 0.4) is 0 Å². The molecule has 0 bridgehead atoms. The zero-order valence-corrected chi connectivity index (χ0v) is 19.7. The number of aromatic nitrogens is 2. The van der Waals surface area contributed by atoms with Crippen molar-refractivity contribution >= 4 is 23.0 Å². The lowest BCUT2D eigenvalue weighted by molar-refractivity contribution is 0.475. The number of pyridine rings is 1. The van der Waals surface area contributed by atoms with Gasteiger partial charge in [-0.2, -0.15) is 0 Å². The number of benzene rings is 2. The third-order valence-corrected chi connectivity index (χ3v) is 6.59. The van der Waals surface area contributed by atoms with E-state index in [1.54, 1.807) is 12.1 Å². The molecule has 0 unspecified atom stereocenters. The number of phenolic OH excluding ortho intramolecular Hbond substituents is 1. The minimum Gasteiger partial charge on any atom is -0.508 e. The maximum atomic E-state index is 9.75. The number of thiocarbonyl (C=S) groups is 1. The molecule has 33 heavy (non-hydrogen) atoms. The van der Waals surface area contributed by atoms with Crippen molar-refractivity contribution in [3.05, 3.63) is 107 Å². The Balaban J connectivity index is 1.68. The first kappa shape index (κ1) is 21.2. The molecular formula is C27H26N4OS. The molecule has 5 nitrogen and oxygen atoms in total. The zero-order valence-electron chi connectivity index (χ0n) is 18.9. The monoisotopic (exact) mass is 454 g/mol. The summed E-state index contributed by atoms with van der Waals surface area (Å²) in [5.74, 6) is 0.257. The van der Waals surface area contributed by atoms with E-state index in [0.29, 0.717) is 5.11 Å². The Kier molecular flexibility index (Phi) is 5.38. The van der Waals surface area contributed by atoms with Crippen molar-refractivity contribution in [1.29, 1.82) is 0 Å². The van der Waals surface area contributed by atoms with Gasteiger partial charge in [0, 0.05) is 29.0 Å². The quantitative estimate of drug-likeness (QED) is 0.389. The molecule has 6 heteroatoms. The first-order valence-electron chi connectivity index (χ1n) is 11.0. The Hall–Kier alpha value is -3.64. The highest BCUT2D eigenvalue weighted by molar-refractivity contribution is 7.80. The van der Waals surface area contributed by atoms with Crippen LogP contribution in [0.1, 0.15) is 40.3 Å². The van der Waals surface area contributed by atoms with Crippen molar-refractivity contribution in [2.75, 3.05) is 4.90 Å². The van der Waals surface area contributed by atoms with E-state index in [-0.39, 0.29) is 17.8 Å². The largest absolute Gasteiger partial charge is 0.508 e. The Bertz CT molecular complexity index is 1310. The first-order valence-corrected chi connectivity index (χ1v) is 11.4. The second-order valence-corrected chi connectivity index (χ2v) is 8.90. The van der Waals surface area contributed by atoms with Gasteiger partial charge in [0.15, 0.2) is 5.11 Å². The predicted octanol–water partition coefficient (Wildman–Crippen LogP) is 5.68. The minimum absolute atomic E-state index is 0.0636. The Morgan fingerprint density at radius 1 is 0.909 bits per heavy atom. The van der Waals surface area contributed by atoms with Gasteiger partial charge in [-0.25, -0.2) is 0 Å². The van der Waals surface area contributed by atoms with Gasteiger partial charge in [0.05, 0.1) is 17.8 Å². The molecule has 5 rings (SSSR count). The van der Waals surface area contributed by atoms with E-state index >= 15 is 0 Å². The van der Waals surface area contributed by atoms with Crippen LogP contribution >= 0.6 is 12.2 Å². The van der Waals surface area contributed by atoms with Crippen LogP contribution in [0.15, 0.2) is 79.0 Å². The number of aryl methyl sites for hydroxylation is 2. The van der Waals surface area contributed by atoms with E-state index in [2.05, 4.69) is 70.9 Å². The number of nitrogens with zero attached hydrogens (tertiary/aromatic N) is 3. The summed E-state index contributed by atoms with van der Waals surface area (Å²) in [6.07, 6.45) is 1.83. The first-order chi connectivity index (χ1) is 15.9. The topological polar surface area (TPSA) is 53.3 Å². The molecule has 1 aliphatic rings. The highest BCUT2D eigenvalue weighted by Crippen LogP contribution is 2.43. The molecule has 166 valence electrons. The number of rotatable bonds is 4. The third-order valence-electron chi connectivity index (χ3n) is 6.27. The molecule has 1 fully saturated rings. The molecule has 2 atom stereocenters. The second kappa shape index (κ2) is 8.37. The summed E-state index contributed by atoms with van der Waals surface area (Å²) in [5.41, 5.74) is 7.65. The fraction of sp³-hybridized carbons (Fsp3) is 0.185. The van der Waals surface area contributed by atoms with Crippen LogP contribution < -0.4 is 10.2 Å². The van der Waals surface area contributed by atoms with E-state index in [1.807, 2.05) is 36.5 Å². The fourth-order valence-corrected chi connectivity index (χ4v) is 5.16. The Labute approximate surface area is 199 Å². The van der Waals surface area contributed by atoms with Crippen LogP contribution in [0.2, 0.25) is 0 Å². The lowest BCUT2D eigenvalue weighted by Gasteiger charge is -2.28. The summed E-state index contributed by atoms with van der Waals surface area (Å²) in [5, 5.41) is 14.0. The highest BCUT2D eigenvalue weighted by atomic mass is 32.1. The van der Waals surface area contributed by atoms with Crippen LogP contribution in [-0.4, -0.2) is 19.8 Å². The number of aromatic hydroxyl groups is 1. The number of hydrogen-bond donors (Lipinski definition) is 2. The second-order valence-electron chi connectivity index (χ2n) is 8.51. The average Bonchev–Trinajstić information content (AvgIpc) is 3.30. The summed E-state index contributed by atoms with van der Waals surface area (Å²) in [6, 6.07) is 23.8. The maximum absolute atomic E-state index is 9.75. The van der Waals surface area contributed by atoms with Gasteiger partial charge in [0.2, 0.25) is 0 Å². The van der Waals surface area contributed by atoms with Gasteiger partial charge in [0.1, 0.15) is 5.75 Å². The van der Waals surface area contributed by atoms with Crippen molar-refractivity contribution in [3.63, 3.8) is 0 Å². The van der Waals surface area contributed by atoms with E-state index < -0.39 is 0 Å². The molecule has 4 aromatic rings. The number of phenols is 1. The molecule has 0 aliphatic carbocycles. The van der Waals surface area contributed by atoms with Gasteiger partial charge in [-0.15, -0.1) is 0 Å². The van der Waals surface area contributed by atoms with Crippen molar-refractivity contribution in [1.82, 2.24) is 14.9 Å². The van der Waals surface area contributed by atoms with Gasteiger partial charge < -0.3 is 19.9 Å². The van der Waals surface area contributed by atoms with Gasteiger partial charge in [-0.05, 0) is 98.7 Å². The standard InChI is InChI=1S/C27H26N4OS/c1-17-7-6-8-21(15-17)31-26(25(29-27(31)33)24-9-4-5-14-28-24)23-16-18(2)30(19(23)3)20-10-12-22(32)13-11-20/h4-16,25-26,32H,1-3H3,(H,29,33)/t25-,26+/m0/s1. The summed E-state index contributed by atoms with van der Waals surface area (Å²) >= 11 is 5.86. The molecule has 2 N–H and O–H groups in total. The molecular weight excluding hydrogens is 428 g/mol. The molecule has 0 amide bonds. The lowest BCUT2D eigenvalue weighted by atomic mass is 9.96. The smallest absolute Gasteiger partial charge is 0.174 e. The van der Waals surface area contributed by atoms with Gasteiger partial charge in [0.25, 0.3) is 0 Å². The number of hydrogen-bond acceptors (Lipinski definition) is 3. The van der Waals surface area contributed by atoms with E-state index in [9.17, 15) is 5.11 Å². The number of nitrogens with one attached hydrogen (secondary N) is 1. The van der Waals surface area contributed by atoms with E-state index in [4.69, 9.17) is 12.2 Å². The molecule has 0 spiro atoms. The van der Waals surface area contributed by atoms with Gasteiger partial charge in [-0.3, -0.25) is 4.98 Å². The number of anilines is 1. The van der Waals surface area contributed by atoms with Crippen LogP contribution in [0.4, 0.5) is 5.69 Å². The zero-order chi connectivity index (χ0) is 23.1.